The highest BCUT2D eigenvalue weighted by Crippen LogP contribution is 2.33. The molecule has 6 heteroatoms. The van der Waals surface area contributed by atoms with Crippen LogP contribution >= 0.6 is 31.9 Å². The lowest BCUT2D eigenvalue weighted by atomic mass is 9.97. The largest absolute Gasteiger partial charge is 0.306 e. The molecule has 0 saturated carbocycles. The molecule has 2 aromatic rings. The molecule has 21 heavy (non-hydrogen) atoms. The Labute approximate surface area is 137 Å². The molecule has 0 bridgehead atoms. The van der Waals surface area contributed by atoms with Crippen molar-refractivity contribution in [2.24, 2.45) is 0 Å². The van der Waals surface area contributed by atoms with E-state index in [2.05, 4.69) is 37.2 Å². The summed E-state index contributed by atoms with van der Waals surface area (Å²) in [6, 6.07) is 6.02. The molecule has 2 aromatic carbocycles. The van der Waals surface area contributed by atoms with Crippen molar-refractivity contribution in [3.05, 3.63) is 67.9 Å². The lowest BCUT2D eigenvalue weighted by Crippen LogP contribution is -2.24. The topological polar surface area (TPSA) is 12.0 Å². The molecule has 0 aliphatic rings. The molecule has 1 nitrogen and oxygen atoms in total. The quantitative estimate of drug-likeness (QED) is 0.702. The SMILES string of the molecule is CCNC(c1cc(Br)ccc1Br)c1c(F)cc(F)cc1F. The van der Waals surface area contributed by atoms with Gasteiger partial charge in [-0.1, -0.05) is 38.8 Å². The number of nitrogens with one attached hydrogen (secondary N) is 1. The highest BCUT2D eigenvalue weighted by atomic mass is 79.9. The van der Waals surface area contributed by atoms with E-state index in [1.165, 1.54) is 0 Å². The Balaban J connectivity index is 2.61. The van der Waals surface area contributed by atoms with Gasteiger partial charge in [0.25, 0.3) is 0 Å². The van der Waals surface area contributed by atoms with Crippen LogP contribution in [0.3, 0.4) is 0 Å². The number of hydrogen-bond acceptors (Lipinski definition) is 1. The standard InChI is InChI=1S/C15H12Br2F3N/c1-2-21-15(10-5-8(16)3-4-11(10)17)14-12(19)6-9(18)7-13(14)20/h3-7,15,21H,2H2,1H3. The van der Waals surface area contributed by atoms with Gasteiger partial charge in [-0.05, 0) is 30.3 Å². The van der Waals surface area contributed by atoms with Crippen LogP contribution in [0.5, 0.6) is 0 Å². The summed E-state index contributed by atoms with van der Waals surface area (Å²) in [5.74, 6) is -2.76. The van der Waals surface area contributed by atoms with E-state index in [4.69, 9.17) is 0 Å². The lowest BCUT2D eigenvalue weighted by molar-refractivity contribution is 0.491. The molecule has 0 fully saturated rings. The van der Waals surface area contributed by atoms with Crippen molar-refractivity contribution in [1.29, 1.82) is 0 Å². The molecule has 2 rings (SSSR count). The first-order chi connectivity index (χ1) is 9.93. The van der Waals surface area contributed by atoms with Crippen LogP contribution in [0.2, 0.25) is 0 Å². The van der Waals surface area contributed by atoms with E-state index in [0.29, 0.717) is 28.7 Å². The minimum absolute atomic E-state index is 0.197. The van der Waals surface area contributed by atoms with Gasteiger partial charge in [0.15, 0.2) is 0 Å². The van der Waals surface area contributed by atoms with Gasteiger partial charge in [-0.15, -0.1) is 0 Å². The summed E-state index contributed by atoms with van der Waals surface area (Å²) < 4.78 is 42.7. The highest BCUT2D eigenvalue weighted by molar-refractivity contribution is 9.11. The molecular weight excluding hydrogens is 411 g/mol. The summed E-state index contributed by atoms with van der Waals surface area (Å²) in [6.07, 6.45) is 0. The average molecular weight is 423 g/mol. The van der Waals surface area contributed by atoms with Crippen LogP contribution in [0.25, 0.3) is 0 Å². The number of benzene rings is 2. The monoisotopic (exact) mass is 421 g/mol. The molecule has 1 unspecified atom stereocenters. The molecule has 0 spiro atoms. The summed E-state index contributed by atoms with van der Waals surface area (Å²) >= 11 is 6.72. The summed E-state index contributed by atoms with van der Waals surface area (Å²) in [5, 5.41) is 3.03. The Morgan fingerprint density at radius 1 is 1.05 bits per heavy atom. The third-order valence-electron chi connectivity index (χ3n) is 3.01. The van der Waals surface area contributed by atoms with Gasteiger partial charge in [0, 0.05) is 26.6 Å². The first-order valence-corrected chi connectivity index (χ1v) is 7.85. The van der Waals surface area contributed by atoms with E-state index >= 15 is 0 Å². The average Bonchev–Trinajstić information content (AvgIpc) is 2.39. The van der Waals surface area contributed by atoms with Gasteiger partial charge < -0.3 is 5.32 Å². The second-order valence-corrected chi connectivity index (χ2v) is 6.21. The van der Waals surface area contributed by atoms with Crippen LogP contribution in [0, 0.1) is 17.5 Å². The second-order valence-electron chi connectivity index (χ2n) is 4.44. The molecule has 0 aliphatic heterocycles. The zero-order chi connectivity index (χ0) is 15.6. The predicted octanol–water partition coefficient (Wildman–Crippen LogP) is 5.33. The fourth-order valence-corrected chi connectivity index (χ4v) is 2.99. The first-order valence-electron chi connectivity index (χ1n) is 6.26. The fraction of sp³-hybridized carbons (Fsp3) is 0.200. The van der Waals surface area contributed by atoms with Gasteiger partial charge in [-0.25, -0.2) is 13.2 Å². The molecule has 0 saturated heterocycles. The van der Waals surface area contributed by atoms with Gasteiger partial charge in [-0.3, -0.25) is 0 Å². The molecule has 0 radical (unpaired) electrons. The van der Waals surface area contributed by atoms with Crippen molar-refractivity contribution in [3.8, 4) is 0 Å². The van der Waals surface area contributed by atoms with E-state index in [0.717, 1.165) is 4.47 Å². The van der Waals surface area contributed by atoms with Crippen LogP contribution in [-0.2, 0) is 0 Å². The van der Waals surface area contributed by atoms with Crippen molar-refractivity contribution in [1.82, 2.24) is 5.32 Å². The van der Waals surface area contributed by atoms with Gasteiger partial charge in [0.2, 0.25) is 0 Å². The molecule has 112 valence electrons. The van der Waals surface area contributed by atoms with Crippen LogP contribution in [0.1, 0.15) is 24.1 Å². The number of halogens is 5. The maximum Gasteiger partial charge on any atom is 0.134 e. The third kappa shape index (κ3) is 3.67. The highest BCUT2D eigenvalue weighted by Gasteiger charge is 2.24. The summed E-state index contributed by atoms with van der Waals surface area (Å²) in [4.78, 5) is 0. The van der Waals surface area contributed by atoms with Gasteiger partial charge in [0.1, 0.15) is 17.5 Å². The van der Waals surface area contributed by atoms with Crippen molar-refractivity contribution in [3.63, 3.8) is 0 Å². The van der Waals surface area contributed by atoms with E-state index in [-0.39, 0.29) is 5.56 Å². The zero-order valence-electron chi connectivity index (χ0n) is 11.1. The first kappa shape index (κ1) is 16.5. The molecular formula is C15H12Br2F3N. The molecule has 0 aromatic heterocycles. The molecule has 1 N–H and O–H groups in total. The maximum atomic E-state index is 14.1. The summed E-state index contributed by atoms with van der Waals surface area (Å²) in [6.45, 7) is 2.33. The molecule has 0 amide bonds. The Morgan fingerprint density at radius 3 is 2.24 bits per heavy atom. The summed E-state index contributed by atoms with van der Waals surface area (Å²) in [5.41, 5.74) is 0.465. The maximum absolute atomic E-state index is 14.1. The normalized spacial score (nSPS) is 12.5. The zero-order valence-corrected chi connectivity index (χ0v) is 14.2. The molecule has 1 atom stereocenters. The summed E-state index contributed by atoms with van der Waals surface area (Å²) in [7, 11) is 0. The van der Waals surface area contributed by atoms with Gasteiger partial charge >= 0.3 is 0 Å². The molecule has 0 heterocycles. The van der Waals surface area contributed by atoms with E-state index in [9.17, 15) is 13.2 Å². The Bertz CT molecular complexity index is 638. The number of hydrogen-bond donors (Lipinski definition) is 1. The Hall–Kier alpha value is -0.850. The van der Waals surface area contributed by atoms with Crippen molar-refractivity contribution < 1.29 is 13.2 Å². The Kier molecular flexibility index (Phi) is 5.46. The van der Waals surface area contributed by atoms with Crippen molar-refractivity contribution in [2.45, 2.75) is 13.0 Å². The van der Waals surface area contributed by atoms with Crippen molar-refractivity contribution >= 4 is 31.9 Å². The third-order valence-corrected chi connectivity index (χ3v) is 4.23. The van der Waals surface area contributed by atoms with Crippen LogP contribution in [-0.4, -0.2) is 6.54 Å². The van der Waals surface area contributed by atoms with Crippen molar-refractivity contribution in [2.75, 3.05) is 6.54 Å². The lowest BCUT2D eigenvalue weighted by Gasteiger charge is -2.21. The Morgan fingerprint density at radius 2 is 1.67 bits per heavy atom. The van der Waals surface area contributed by atoms with Crippen LogP contribution in [0.15, 0.2) is 39.3 Å². The minimum atomic E-state index is -0.933. The second kappa shape index (κ2) is 6.94. The van der Waals surface area contributed by atoms with E-state index in [1.807, 2.05) is 13.0 Å². The minimum Gasteiger partial charge on any atom is -0.306 e. The van der Waals surface area contributed by atoms with Gasteiger partial charge in [0.05, 0.1) is 6.04 Å². The fourth-order valence-electron chi connectivity index (χ4n) is 2.14. The van der Waals surface area contributed by atoms with E-state index in [1.54, 1.807) is 12.1 Å². The van der Waals surface area contributed by atoms with E-state index < -0.39 is 23.5 Å². The van der Waals surface area contributed by atoms with Crippen LogP contribution < -0.4 is 5.32 Å². The number of rotatable bonds is 4. The molecule has 0 aliphatic carbocycles. The van der Waals surface area contributed by atoms with Gasteiger partial charge in [-0.2, -0.15) is 0 Å². The smallest absolute Gasteiger partial charge is 0.134 e. The van der Waals surface area contributed by atoms with Crippen LogP contribution in [0.4, 0.5) is 13.2 Å². The predicted molar refractivity (Wildman–Crippen MR) is 83.7 cm³/mol.